The van der Waals surface area contributed by atoms with Gasteiger partial charge in [-0.1, -0.05) is 0 Å². The number of thioether (sulfide) groups is 1. The van der Waals surface area contributed by atoms with Crippen molar-refractivity contribution in [3.63, 3.8) is 0 Å². The van der Waals surface area contributed by atoms with Crippen molar-refractivity contribution >= 4 is 17.7 Å². The third-order valence-electron chi connectivity index (χ3n) is 1.51. The maximum absolute atomic E-state index is 10.4. The highest BCUT2D eigenvalue weighted by Gasteiger charge is 2.16. The molecule has 0 aromatic carbocycles. The third kappa shape index (κ3) is 2.26. The maximum atomic E-state index is 10.4. The van der Waals surface area contributed by atoms with E-state index >= 15 is 0 Å². The van der Waals surface area contributed by atoms with Crippen LogP contribution in [0.4, 0.5) is 0 Å². The van der Waals surface area contributed by atoms with Gasteiger partial charge in [0.1, 0.15) is 0 Å². The molecule has 0 aliphatic carbocycles. The SMILES string of the molecule is NC(=O)C[C@H]1CCSC1. The average molecular weight is 145 g/mol. The number of carbonyl (C=O) groups excluding carboxylic acids is 1. The van der Waals surface area contributed by atoms with Gasteiger partial charge in [0.2, 0.25) is 5.91 Å². The highest BCUT2D eigenvalue weighted by Crippen LogP contribution is 2.25. The van der Waals surface area contributed by atoms with E-state index in [1.54, 1.807) is 0 Å². The van der Waals surface area contributed by atoms with Gasteiger partial charge in [0, 0.05) is 6.42 Å². The lowest BCUT2D eigenvalue weighted by Gasteiger charge is -2.01. The van der Waals surface area contributed by atoms with Crippen molar-refractivity contribution in [2.75, 3.05) is 11.5 Å². The van der Waals surface area contributed by atoms with Gasteiger partial charge in [0.05, 0.1) is 0 Å². The molecule has 1 fully saturated rings. The number of amides is 1. The van der Waals surface area contributed by atoms with Crippen LogP contribution in [0.3, 0.4) is 0 Å². The van der Waals surface area contributed by atoms with E-state index in [2.05, 4.69) is 0 Å². The summed E-state index contributed by atoms with van der Waals surface area (Å²) in [7, 11) is 0. The van der Waals surface area contributed by atoms with Crippen molar-refractivity contribution in [2.45, 2.75) is 12.8 Å². The number of hydrogen-bond donors (Lipinski definition) is 1. The fourth-order valence-electron chi connectivity index (χ4n) is 1.03. The van der Waals surface area contributed by atoms with Crippen LogP contribution in [0.2, 0.25) is 0 Å². The highest BCUT2D eigenvalue weighted by molar-refractivity contribution is 7.99. The van der Waals surface area contributed by atoms with Crippen LogP contribution in [0.1, 0.15) is 12.8 Å². The van der Waals surface area contributed by atoms with Gasteiger partial charge in [0.25, 0.3) is 0 Å². The predicted molar refractivity (Wildman–Crippen MR) is 39.2 cm³/mol. The van der Waals surface area contributed by atoms with Crippen molar-refractivity contribution < 1.29 is 4.79 Å². The van der Waals surface area contributed by atoms with Gasteiger partial charge in [-0.05, 0) is 23.8 Å². The second-order valence-electron chi connectivity index (χ2n) is 2.40. The van der Waals surface area contributed by atoms with E-state index in [-0.39, 0.29) is 5.91 Å². The molecular formula is C6H11NOS. The van der Waals surface area contributed by atoms with E-state index < -0.39 is 0 Å². The predicted octanol–water partition coefficient (Wildman–Crippen LogP) is 0.615. The molecule has 0 spiro atoms. The number of carbonyl (C=O) groups is 1. The normalized spacial score (nSPS) is 26.4. The topological polar surface area (TPSA) is 43.1 Å². The molecule has 0 bridgehead atoms. The molecule has 0 aromatic rings. The largest absolute Gasteiger partial charge is 0.370 e. The molecule has 2 N–H and O–H groups in total. The first-order chi connectivity index (χ1) is 4.29. The Labute approximate surface area is 59.2 Å². The van der Waals surface area contributed by atoms with Gasteiger partial charge in [-0.2, -0.15) is 11.8 Å². The summed E-state index contributed by atoms with van der Waals surface area (Å²) in [5, 5.41) is 0. The average Bonchev–Trinajstić information content (AvgIpc) is 2.15. The molecule has 0 radical (unpaired) electrons. The molecule has 0 aromatic heterocycles. The molecule has 2 nitrogen and oxygen atoms in total. The maximum Gasteiger partial charge on any atom is 0.217 e. The molecule has 3 heteroatoms. The monoisotopic (exact) mass is 145 g/mol. The Kier molecular flexibility index (Phi) is 2.39. The van der Waals surface area contributed by atoms with E-state index in [1.165, 1.54) is 12.2 Å². The van der Waals surface area contributed by atoms with Crippen LogP contribution < -0.4 is 5.73 Å². The molecular weight excluding hydrogens is 134 g/mol. The fourth-order valence-corrected chi connectivity index (χ4v) is 2.31. The second kappa shape index (κ2) is 3.11. The molecule has 1 saturated heterocycles. The number of primary amides is 1. The Balaban J connectivity index is 2.19. The second-order valence-corrected chi connectivity index (χ2v) is 3.55. The lowest BCUT2D eigenvalue weighted by Crippen LogP contribution is -2.15. The summed E-state index contributed by atoms with van der Waals surface area (Å²) in [6.45, 7) is 0. The minimum atomic E-state index is -0.150. The van der Waals surface area contributed by atoms with Gasteiger partial charge in [-0.3, -0.25) is 4.79 Å². The highest BCUT2D eigenvalue weighted by atomic mass is 32.2. The molecule has 1 amide bonds. The van der Waals surface area contributed by atoms with Crippen molar-refractivity contribution in [2.24, 2.45) is 11.7 Å². The van der Waals surface area contributed by atoms with Crippen molar-refractivity contribution in [3.05, 3.63) is 0 Å². The molecule has 52 valence electrons. The van der Waals surface area contributed by atoms with Gasteiger partial charge in [-0.15, -0.1) is 0 Å². The van der Waals surface area contributed by atoms with E-state index in [0.29, 0.717) is 12.3 Å². The van der Waals surface area contributed by atoms with E-state index in [4.69, 9.17) is 5.73 Å². The van der Waals surface area contributed by atoms with Crippen LogP contribution in [-0.4, -0.2) is 17.4 Å². The molecule has 0 unspecified atom stereocenters. The summed E-state index contributed by atoms with van der Waals surface area (Å²) in [5.74, 6) is 2.76. The smallest absolute Gasteiger partial charge is 0.217 e. The minimum absolute atomic E-state index is 0.150. The van der Waals surface area contributed by atoms with E-state index in [1.807, 2.05) is 11.8 Å². The molecule has 1 aliphatic rings. The Morgan fingerprint density at radius 1 is 1.78 bits per heavy atom. The fraction of sp³-hybridized carbons (Fsp3) is 0.833. The Morgan fingerprint density at radius 2 is 2.56 bits per heavy atom. The molecule has 1 rings (SSSR count). The van der Waals surface area contributed by atoms with Crippen molar-refractivity contribution in [1.29, 1.82) is 0 Å². The van der Waals surface area contributed by atoms with Gasteiger partial charge in [-0.25, -0.2) is 0 Å². The van der Waals surface area contributed by atoms with Crippen LogP contribution in [0.5, 0.6) is 0 Å². The lowest BCUT2D eigenvalue weighted by atomic mass is 10.1. The van der Waals surface area contributed by atoms with Gasteiger partial charge < -0.3 is 5.73 Å². The first-order valence-corrected chi connectivity index (χ1v) is 4.30. The summed E-state index contributed by atoms with van der Waals surface area (Å²) >= 11 is 1.92. The van der Waals surface area contributed by atoms with Crippen LogP contribution in [0, 0.1) is 5.92 Å². The third-order valence-corrected chi connectivity index (χ3v) is 2.75. The lowest BCUT2D eigenvalue weighted by molar-refractivity contribution is -0.118. The zero-order chi connectivity index (χ0) is 6.69. The Bertz CT molecular complexity index is 110. The van der Waals surface area contributed by atoms with Crippen LogP contribution in [-0.2, 0) is 4.79 Å². The standard InChI is InChI=1S/C6H11NOS/c7-6(8)3-5-1-2-9-4-5/h5H,1-4H2,(H2,7,8)/t5-/m1/s1. The summed E-state index contributed by atoms with van der Waals surface area (Å²) < 4.78 is 0. The Morgan fingerprint density at radius 3 is 3.00 bits per heavy atom. The zero-order valence-corrected chi connectivity index (χ0v) is 6.12. The van der Waals surface area contributed by atoms with Crippen LogP contribution >= 0.6 is 11.8 Å². The summed E-state index contributed by atoms with van der Waals surface area (Å²) in [6, 6.07) is 0. The van der Waals surface area contributed by atoms with Crippen LogP contribution in [0.25, 0.3) is 0 Å². The van der Waals surface area contributed by atoms with Gasteiger partial charge >= 0.3 is 0 Å². The zero-order valence-electron chi connectivity index (χ0n) is 5.30. The first-order valence-electron chi connectivity index (χ1n) is 3.15. The molecule has 9 heavy (non-hydrogen) atoms. The molecule has 0 saturated carbocycles. The van der Waals surface area contributed by atoms with Crippen molar-refractivity contribution in [3.8, 4) is 0 Å². The summed E-state index contributed by atoms with van der Waals surface area (Å²) in [6.07, 6.45) is 1.76. The first kappa shape index (κ1) is 6.93. The minimum Gasteiger partial charge on any atom is -0.370 e. The number of hydrogen-bond acceptors (Lipinski definition) is 2. The van der Waals surface area contributed by atoms with Crippen LogP contribution in [0.15, 0.2) is 0 Å². The molecule has 1 heterocycles. The number of rotatable bonds is 2. The summed E-state index contributed by atoms with van der Waals surface area (Å²) in [5.41, 5.74) is 5.02. The van der Waals surface area contributed by atoms with E-state index in [0.717, 1.165) is 5.75 Å². The summed E-state index contributed by atoms with van der Waals surface area (Å²) in [4.78, 5) is 10.4. The van der Waals surface area contributed by atoms with E-state index in [9.17, 15) is 4.79 Å². The number of nitrogens with two attached hydrogens (primary N) is 1. The Hall–Kier alpha value is -0.180. The van der Waals surface area contributed by atoms with Gasteiger partial charge in [0.15, 0.2) is 0 Å². The molecule has 1 aliphatic heterocycles. The van der Waals surface area contributed by atoms with Crippen molar-refractivity contribution in [1.82, 2.24) is 0 Å². The molecule has 1 atom stereocenters. The quantitative estimate of drug-likeness (QED) is 0.619.